The number of hydrogen-bond acceptors (Lipinski definition) is 5. The van der Waals surface area contributed by atoms with Crippen LogP contribution in [-0.2, 0) is 9.84 Å². The number of fused-ring (bicyclic) bond motifs is 1. The molecule has 0 radical (unpaired) electrons. The van der Waals surface area contributed by atoms with E-state index in [0.717, 1.165) is 48.5 Å². The smallest absolute Gasteiger partial charge is 0.201 e. The van der Waals surface area contributed by atoms with Gasteiger partial charge >= 0.3 is 0 Å². The molecule has 0 saturated heterocycles. The Labute approximate surface area is 209 Å². The summed E-state index contributed by atoms with van der Waals surface area (Å²) in [6.45, 7) is 6.41. The zero-order valence-corrected chi connectivity index (χ0v) is 22.7. The van der Waals surface area contributed by atoms with E-state index in [0.29, 0.717) is 5.39 Å². The van der Waals surface area contributed by atoms with Crippen molar-refractivity contribution < 1.29 is 8.42 Å². The van der Waals surface area contributed by atoms with Crippen LogP contribution in [0.3, 0.4) is 0 Å². The number of sulfone groups is 1. The number of anilines is 1. The Kier molecular flexibility index (Phi) is 12.6. The third-order valence-electron chi connectivity index (χ3n) is 6.08. The van der Waals surface area contributed by atoms with Gasteiger partial charge in [0.1, 0.15) is 0 Å². The van der Waals surface area contributed by atoms with Gasteiger partial charge in [0, 0.05) is 35.3 Å². The summed E-state index contributed by atoms with van der Waals surface area (Å²) in [5, 5.41) is 13.7. The standard InChI is InChI=1S/C27H40N3O2PS/c1-3-5-7-9-13-21-29(22-14-10-8-6-4-2)30(33)26-18-19-27(34(31,32)23-15-20-28)25-17-12-11-16-24(25)26/h11-12,15-19,23H,3-10,13-14,21-22,33H2,1-2H3. The number of benzene rings is 2. The number of hydrogen-bond donors (Lipinski definition) is 0. The average Bonchev–Trinajstić information content (AvgIpc) is 2.84. The molecule has 1 atom stereocenters. The van der Waals surface area contributed by atoms with Gasteiger partial charge in [-0.15, -0.1) is 0 Å². The van der Waals surface area contributed by atoms with Crippen LogP contribution < -0.4 is 4.78 Å². The van der Waals surface area contributed by atoms with Gasteiger partial charge in [-0.05, 0) is 34.4 Å². The normalized spacial score (nSPS) is 12.0. The molecule has 2 aromatic rings. The van der Waals surface area contributed by atoms with E-state index in [4.69, 9.17) is 5.26 Å². The van der Waals surface area contributed by atoms with Gasteiger partial charge in [-0.25, -0.2) is 13.4 Å². The topological polar surface area (TPSA) is 64.4 Å². The summed E-state index contributed by atoms with van der Waals surface area (Å²) in [4.78, 5) is 0.224. The molecule has 7 heteroatoms. The molecule has 0 N–H and O–H groups in total. The first-order valence-corrected chi connectivity index (χ1v) is 14.6. The fourth-order valence-corrected chi connectivity index (χ4v) is 5.76. The Bertz CT molecular complexity index is 1050. The van der Waals surface area contributed by atoms with Gasteiger partial charge in [-0.2, -0.15) is 5.26 Å². The van der Waals surface area contributed by atoms with Crippen molar-refractivity contribution in [3.8, 4) is 6.07 Å². The van der Waals surface area contributed by atoms with Crippen LogP contribution in [0, 0.1) is 11.3 Å². The molecule has 2 rings (SSSR count). The van der Waals surface area contributed by atoms with Gasteiger partial charge < -0.3 is 0 Å². The van der Waals surface area contributed by atoms with Crippen LogP contribution in [-0.4, -0.2) is 26.5 Å². The molecule has 34 heavy (non-hydrogen) atoms. The molecule has 0 heterocycles. The quantitative estimate of drug-likeness (QED) is 0.104. The van der Waals surface area contributed by atoms with Crippen molar-refractivity contribution in [1.82, 2.24) is 5.01 Å². The van der Waals surface area contributed by atoms with Crippen molar-refractivity contribution in [2.75, 3.05) is 17.9 Å². The summed E-state index contributed by atoms with van der Waals surface area (Å²) in [6, 6.07) is 12.9. The summed E-state index contributed by atoms with van der Waals surface area (Å²) in [5.74, 6) is 0. The molecule has 186 valence electrons. The van der Waals surface area contributed by atoms with E-state index in [1.807, 2.05) is 30.3 Å². The highest BCUT2D eigenvalue weighted by Crippen LogP contribution is 2.35. The van der Waals surface area contributed by atoms with Crippen LogP contribution in [0.4, 0.5) is 5.69 Å². The highest BCUT2D eigenvalue weighted by Gasteiger charge is 2.20. The zero-order chi connectivity index (χ0) is 24.8. The van der Waals surface area contributed by atoms with E-state index in [1.54, 1.807) is 12.1 Å². The molecule has 0 amide bonds. The minimum atomic E-state index is -3.70. The third-order valence-corrected chi connectivity index (χ3v) is 8.15. The zero-order valence-electron chi connectivity index (χ0n) is 20.7. The highest BCUT2D eigenvalue weighted by molar-refractivity contribution is 7.94. The fraction of sp³-hybridized carbons (Fsp3) is 0.519. The van der Waals surface area contributed by atoms with Gasteiger partial charge in [0.25, 0.3) is 0 Å². The van der Waals surface area contributed by atoms with Crippen LogP contribution in [0.1, 0.15) is 78.1 Å². The van der Waals surface area contributed by atoms with E-state index in [-0.39, 0.29) is 4.90 Å². The van der Waals surface area contributed by atoms with Crippen LogP contribution in [0.15, 0.2) is 52.8 Å². The van der Waals surface area contributed by atoms with Gasteiger partial charge in [0.2, 0.25) is 9.84 Å². The molecule has 0 fully saturated rings. The molecule has 5 nitrogen and oxygen atoms in total. The van der Waals surface area contributed by atoms with Crippen LogP contribution in [0.5, 0.6) is 0 Å². The first kappa shape index (κ1) is 28.3. The van der Waals surface area contributed by atoms with E-state index in [2.05, 4.69) is 33.0 Å². The van der Waals surface area contributed by atoms with Crippen LogP contribution in [0.25, 0.3) is 10.8 Å². The van der Waals surface area contributed by atoms with Crippen LogP contribution >= 0.6 is 9.39 Å². The van der Waals surface area contributed by atoms with Crippen molar-refractivity contribution in [2.24, 2.45) is 0 Å². The molecular formula is C27H40N3O2PS. The summed E-state index contributed by atoms with van der Waals surface area (Å²) < 4.78 is 27.7. The van der Waals surface area contributed by atoms with Crippen molar-refractivity contribution >= 4 is 35.7 Å². The number of rotatable bonds is 16. The van der Waals surface area contributed by atoms with E-state index >= 15 is 0 Å². The molecule has 2 aromatic carbocycles. The number of allylic oxidation sites excluding steroid dienone is 1. The lowest BCUT2D eigenvalue weighted by Gasteiger charge is -2.34. The lowest BCUT2D eigenvalue weighted by atomic mass is 10.1. The minimum Gasteiger partial charge on any atom is -0.291 e. The molecule has 0 saturated carbocycles. The molecular weight excluding hydrogens is 461 g/mol. The van der Waals surface area contributed by atoms with Crippen molar-refractivity contribution in [1.29, 1.82) is 5.26 Å². The third kappa shape index (κ3) is 8.38. The predicted molar refractivity (Wildman–Crippen MR) is 147 cm³/mol. The lowest BCUT2D eigenvalue weighted by Crippen LogP contribution is -2.37. The maximum absolute atomic E-state index is 12.8. The molecule has 0 aliphatic carbocycles. The summed E-state index contributed by atoms with van der Waals surface area (Å²) in [6.07, 6.45) is 13.3. The van der Waals surface area contributed by atoms with E-state index < -0.39 is 9.84 Å². The Morgan fingerprint density at radius 3 is 1.97 bits per heavy atom. The highest BCUT2D eigenvalue weighted by atomic mass is 32.2. The van der Waals surface area contributed by atoms with E-state index in [9.17, 15) is 8.42 Å². The summed E-state index contributed by atoms with van der Waals surface area (Å²) in [7, 11) is -0.848. The summed E-state index contributed by atoms with van der Waals surface area (Å²) >= 11 is 0. The van der Waals surface area contributed by atoms with E-state index in [1.165, 1.54) is 51.4 Å². The van der Waals surface area contributed by atoms with Gasteiger partial charge in [-0.3, -0.25) is 4.78 Å². The Morgan fingerprint density at radius 1 is 0.853 bits per heavy atom. The molecule has 0 aliphatic heterocycles. The molecule has 0 aliphatic rings. The van der Waals surface area contributed by atoms with Crippen LogP contribution in [0.2, 0.25) is 0 Å². The monoisotopic (exact) mass is 501 g/mol. The van der Waals surface area contributed by atoms with Crippen molar-refractivity contribution in [3.63, 3.8) is 0 Å². The molecule has 0 aromatic heterocycles. The first-order valence-electron chi connectivity index (χ1n) is 12.6. The number of nitrogens with zero attached hydrogens (tertiary/aromatic N) is 3. The maximum Gasteiger partial charge on any atom is 0.201 e. The number of unbranched alkanes of at least 4 members (excludes halogenated alkanes) is 8. The first-order chi connectivity index (χ1) is 16.5. The Hall–Kier alpha value is -1.93. The Balaban J connectivity index is 2.31. The number of hydrazine groups is 1. The fourth-order valence-electron chi connectivity index (χ4n) is 4.17. The van der Waals surface area contributed by atoms with Gasteiger partial charge in [0.15, 0.2) is 0 Å². The van der Waals surface area contributed by atoms with Crippen molar-refractivity contribution in [2.45, 2.75) is 83.0 Å². The molecule has 1 unspecified atom stereocenters. The van der Waals surface area contributed by atoms with Gasteiger partial charge in [-0.1, -0.05) is 89.5 Å². The largest absolute Gasteiger partial charge is 0.291 e. The second-order valence-electron chi connectivity index (χ2n) is 8.73. The SMILES string of the molecule is CCCCCCCN(CCCCCCC)N(P)c1ccc(S(=O)(=O)C=CC#N)c2ccccc12. The van der Waals surface area contributed by atoms with Gasteiger partial charge in [0.05, 0.1) is 16.7 Å². The molecule has 0 bridgehead atoms. The summed E-state index contributed by atoms with van der Waals surface area (Å²) in [5.41, 5.74) is 0.964. The lowest BCUT2D eigenvalue weighted by molar-refractivity contribution is 0.280. The maximum atomic E-state index is 12.8. The van der Waals surface area contributed by atoms with Crippen molar-refractivity contribution in [3.05, 3.63) is 47.9 Å². The number of nitriles is 1. The molecule has 0 spiro atoms. The minimum absolute atomic E-state index is 0.224. The predicted octanol–water partition coefficient (Wildman–Crippen LogP) is 7.41. The second kappa shape index (κ2) is 15.1. The second-order valence-corrected chi connectivity index (χ2v) is 11.0. The Morgan fingerprint density at radius 2 is 1.41 bits per heavy atom. The average molecular weight is 502 g/mol.